The highest BCUT2D eigenvalue weighted by atomic mass is 32.2. The Morgan fingerprint density at radius 2 is 1.71 bits per heavy atom. The van der Waals surface area contributed by atoms with E-state index < -0.39 is 0 Å². The van der Waals surface area contributed by atoms with Crippen molar-refractivity contribution >= 4 is 23.6 Å². The zero-order chi connectivity index (χ0) is 21.8. The van der Waals surface area contributed by atoms with E-state index in [2.05, 4.69) is 17.4 Å². The third-order valence-corrected chi connectivity index (χ3v) is 6.80. The average molecular weight is 431 g/mol. The van der Waals surface area contributed by atoms with Crippen LogP contribution in [0.15, 0.2) is 78.9 Å². The number of carbonyl (C=O) groups is 2. The maximum atomic E-state index is 12.7. The lowest BCUT2D eigenvalue weighted by molar-refractivity contribution is -0.128. The molecule has 0 spiro atoms. The van der Waals surface area contributed by atoms with E-state index in [1.54, 1.807) is 11.8 Å². The Labute approximate surface area is 187 Å². The lowest BCUT2D eigenvalue weighted by Crippen LogP contribution is -2.28. The number of thioether (sulfide) groups is 1. The van der Waals surface area contributed by atoms with Gasteiger partial charge in [0.2, 0.25) is 5.91 Å². The van der Waals surface area contributed by atoms with Gasteiger partial charge in [-0.25, -0.2) is 0 Å². The highest BCUT2D eigenvalue weighted by molar-refractivity contribution is 8.00. The van der Waals surface area contributed by atoms with Crippen LogP contribution >= 0.6 is 11.8 Å². The van der Waals surface area contributed by atoms with Crippen molar-refractivity contribution in [2.45, 2.75) is 31.8 Å². The Bertz CT molecular complexity index is 1050. The van der Waals surface area contributed by atoms with Gasteiger partial charge in [0.05, 0.1) is 11.8 Å². The molecule has 2 atom stereocenters. The molecule has 31 heavy (non-hydrogen) atoms. The first-order valence-corrected chi connectivity index (χ1v) is 11.5. The molecular weight excluding hydrogens is 404 g/mol. The zero-order valence-corrected chi connectivity index (χ0v) is 18.6. The Balaban J connectivity index is 1.43. The Morgan fingerprint density at radius 1 is 1.03 bits per heavy atom. The second kappa shape index (κ2) is 9.40. The fourth-order valence-electron chi connectivity index (χ4n) is 3.70. The number of hydrogen-bond donors (Lipinski definition) is 1. The molecule has 5 heteroatoms. The van der Waals surface area contributed by atoms with Gasteiger partial charge >= 0.3 is 0 Å². The Kier molecular flexibility index (Phi) is 6.42. The number of nitrogens with zero attached hydrogens (tertiary/aromatic N) is 1. The molecule has 0 aromatic heterocycles. The normalized spacial score (nSPS) is 16.9. The fraction of sp³-hybridized carbons (Fsp3) is 0.231. The summed E-state index contributed by atoms with van der Waals surface area (Å²) in [6.07, 6.45) is 0. The minimum Gasteiger partial charge on any atom is -0.346 e. The van der Waals surface area contributed by atoms with Crippen molar-refractivity contribution in [3.63, 3.8) is 0 Å². The van der Waals surface area contributed by atoms with Crippen LogP contribution in [0.25, 0.3) is 0 Å². The van der Waals surface area contributed by atoms with Gasteiger partial charge in [-0.1, -0.05) is 72.3 Å². The SMILES string of the molecule is Cc1ccc([C@H](C)NC(=O)c2ccc([C@@H]3SCC(=O)N3Cc3ccccc3)cc2)cc1. The van der Waals surface area contributed by atoms with Crippen molar-refractivity contribution < 1.29 is 9.59 Å². The molecule has 0 bridgehead atoms. The molecule has 4 rings (SSSR count). The quantitative estimate of drug-likeness (QED) is 0.580. The standard InChI is InChI=1S/C26H26N2O2S/c1-18-8-10-21(11-9-18)19(2)27-25(30)22-12-14-23(15-13-22)26-28(24(29)17-31-26)16-20-6-4-3-5-7-20/h3-15,19,26H,16-17H2,1-2H3,(H,27,30)/t19-,26-/m0/s1. The van der Waals surface area contributed by atoms with Crippen molar-refractivity contribution in [1.29, 1.82) is 0 Å². The first kappa shape index (κ1) is 21.2. The van der Waals surface area contributed by atoms with Crippen LogP contribution in [0.5, 0.6) is 0 Å². The van der Waals surface area contributed by atoms with Crippen LogP contribution in [0.4, 0.5) is 0 Å². The van der Waals surface area contributed by atoms with Crippen LogP contribution in [0.2, 0.25) is 0 Å². The van der Waals surface area contributed by atoms with Crippen LogP contribution in [0, 0.1) is 6.92 Å². The molecule has 3 aromatic rings. The minimum absolute atomic E-state index is 0.0312. The van der Waals surface area contributed by atoms with E-state index in [4.69, 9.17) is 0 Å². The van der Waals surface area contributed by atoms with Gasteiger partial charge in [0.25, 0.3) is 5.91 Å². The predicted octanol–water partition coefficient (Wildman–Crippen LogP) is 5.26. The topological polar surface area (TPSA) is 49.4 Å². The van der Waals surface area contributed by atoms with Crippen LogP contribution in [-0.4, -0.2) is 22.5 Å². The van der Waals surface area contributed by atoms with Gasteiger partial charge in [-0.05, 0) is 42.7 Å². The molecule has 1 saturated heterocycles. The highest BCUT2D eigenvalue weighted by Crippen LogP contribution is 2.39. The third kappa shape index (κ3) is 5.00. The number of benzene rings is 3. The Hall–Kier alpha value is -3.05. The summed E-state index contributed by atoms with van der Waals surface area (Å²) in [4.78, 5) is 27.1. The molecule has 0 radical (unpaired) electrons. The largest absolute Gasteiger partial charge is 0.346 e. The molecule has 1 heterocycles. The molecule has 1 fully saturated rings. The third-order valence-electron chi connectivity index (χ3n) is 5.55. The second-order valence-electron chi connectivity index (χ2n) is 7.90. The number of aryl methyl sites for hydroxylation is 1. The second-order valence-corrected chi connectivity index (χ2v) is 8.97. The van der Waals surface area contributed by atoms with Gasteiger partial charge in [-0.15, -0.1) is 11.8 Å². The van der Waals surface area contributed by atoms with E-state index in [9.17, 15) is 9.59 Å². The van der Waals surface area contributed by atoms with Gasteiger partial charge in [0.1, 0.15) is 5.37 Å². The maximum Gasteiger partial charge on any atom is 0.251 e. The van der Waals surface area contributed by atoms with Crippen molar-refractivity contribution in [2.75, 3.05) is 5.75 Å². The van der Waals surface area contributed by atoms with Gasteiger partial charge in [-0.3, -0.25) is 9.59 Å². The smallest absolute Gasteiger partial charge is 0.251 e. The summed E-state index contributed by atoms with van der Waals surface area (Å²) in [5.41, 5.74) is 5.04. The molecular formula is C26H26N2O2S. The molecule has 3 aromatic carbocycles. The number of nitrogens with one attached hydrogen (secondary N) is 1. The van der Waals surface area contributed by atoms with Crippen molar-refractivity contribution in [2.24, 2.45) is 0 Å². The monoisotopic (exact) mass is 430 g/mol. The lowest BCUT2D eigenvalue weighted by Gasteiger charge is -2.24. The Morgan fingerprint density at radius 3 is 2.39 bits per heavy atom. The van der Waals surface area contributed by atoms with Crippen LogP contribution in [0.1, 0.15) is 51.0 Å². The van der Waals surface area contributed by atoms with E-state index in [-0.39, 0.29) is 23.2 Å². The van der Waals surface area contributed by atoms with E-state index in [0.29, 0.717) is 17.9 Å². The van der Waals surface area contributed by atoms with Crippen LogP contribution in [-0.2, 0) is 11.3 Å². The molecule has 158 valence electrons. The summed E-state index contributed by atoms with van der Waals surface area (Å²) in [5, 5.41) is 3.03. The first-order chi connectivity index (χ1) is 15.0. The number of carbonyl (C=O) groups excluding carboxylic acids is 2. The molecule has 2 amide bonds. The zero-order valence-electron chi connectivity index (χ0n) is 17.7. The average Bonchev–Trinajstić information content (AvgIpc) is 3.15. The summed E-state index contributed by atoms with van der Waals surface area (Å²) in [6.45, 7) is 4.62. The number of amides is 2. The van der Waals surface area contributed by atoms with E-state index >= 15 is 0 Å². The molecule has 0 saturated carbocycles. The first-order valence-electron chi connectivity index (χ1n) is 10.4. The van der Waals surface area contributed by atoms with Crippen molar-refractivity contribution in [3.8, 4) is 0 Å². The molecule has 0 aliphatic carbocycles. The summed E-state index contributed by atoms with van der Waals surface area (Å²) in [7, 11) is 0. The number of rotatable bonds is 6. The molecule has 4 nitrogen and oxygen atoms in total. The fourth-order valence-corrected chi connectivity index (χ4v) is 4.89. The summed E-state index contributed by atoms with van der Waals surface area (Å²) >= 11 is 1.63. The van der Waals surface area contributed by atoms with Gasteiger partial charge in [0.15, 0.2) is 0 Å². The molecule has 1 N–H and O–H groups in total. The van der Waals surface area contributed by atoms with E-state index in [1.165, 1.54) is 5.56 Å². The van der Waals surface area contributed by atoms with Crippen molar-refractivity contribution in [3.05, 3.63) is 107 Å². The minimum atomic E-state index is -0.101. The van der Waals surface area contributed by atoms with E-state index in [0.717, 1.165) is 16.7 Å². The molecule has 1 aliphatic heterocycles. The van der Waals surface area contributed by atoms with Gasteiger partial charge in [0, 0.05) is 12.1 Å². The van der Waals surface area contributed by atoms with Crippen LogP contribution in [0.3, 0.4) is 0 Å². The summed E-state index contributed by atoms with van der Waals surface area (Å²) in [6, 6.07) is 25.7. The van der Waals surface area contributed by atoms with E-state index in [1.807, 2.05) is 85.5 Å². The molecule has 1 aliphatic rings. The maximum absolute atomic E-state index is 12.7. The predicted molar refractivity (Wildman–Crippen MR) is 126 cm³/mol. The molecule has 0 unspecified atom stereocenters. The van der Waals surface area contributed by atoms with Crippen LogP contribution < -0.4 is 5.32 Å². The van der Waals surface area contributed by atoms with Gasteiger partial charge in [-0.2, -0.15) is 0 Å². The number of hydrogen-bond acceptors (Lipinski definition) is 3. The summed E-state index contributed by atoms with van der Waals surface area (Å²) in [5.74, 6) is 0.525. The highest BCUT2D eigenvalue weighted by Gasteiger charge is 2.32. The van der Waals surface area contributed by atoms with Crippen molar-refractivity contribution in [1.82, 2.24) is 10.2 Å². The summed E-state index contributed by atoms with van der Waals surface area (Å²) < 4.78 is 0. The lowest BCUT2D eigenvalue weighted by atomic mass is 10.1. The van der Waals surface area contributed by atoms with Gasteiger partial charge < -0.3 is 10.2 Å².